The molecule has 98 valence electrons. The molecule has 6 heteroatoms. The number of hydrazine groups is 1. The van der Waals surface area contributed by atoms with Crippen LogP contribution >= 0.6 is 0 Å². The third kappa shape index (κ3) is 2.86. The largest absolute Gasteiger partial charge is 0.322 e. The van der Waals surface area contributed by atoms with E-state index in [4.69, 9.17) is 5.84 Å². The van der Waals surface area contributed by atoms with Crippen LogP contribution in [0.4, 0.5) is 15.9 Å². The van der Waals surface area contributed by atoms with Crippen molar-refractivity contribution in [3.05, 3.63) is 53.5 Å². The molecule has 1 heterocycles. The molecule has 0 aliphatic carbocycles. The molecule has 0 saturated carbocycles. The van der Waals surface area contributed by atoms with Gasteiger partial charge < -0.3 is 10.7 Å². The molecule has 4 N–H and O–H groups in total. The van der Waals surface area contributed by atoms with Crippen LogP contribution < -0.4 is 16.6 Å². The average molecular weight is 260 g/mol. The molecule has 0 aliphatic rings. The second-order valence-corrected chi connectivity index (χ2v) is 3.94. The number of anilines is 2. The Bertz CT molecular complexity index is 598. The van der Waals surface area contributed by atoms with E-state index in [0.29, 0.717) is 22.6 Å². The van der Waals surface area contributed by atoms with Gasteiger partial charge in [0.05, 0.1) is 5.56 Å². The predicted molar refractivity (Wildman–Crippen MR) is 71.1 cm³/mol. The van der Waals surface area contributed by atoms with Crippen LogP contribution in [0.25, 0.3) is 0 Å². The molecule has 2 rings (SSSR count). The summed E-state index contributed by atoms with van der Waals surface area (Å²) in [5, 5.41) is 2.63. The Hall–Kier alpha value is -2.47. The molecule has 1 aromatic heterocycles. The zero-order chi connectivity index (χ0) is 13.8. The number of nitrogen functional groups attached to an aromatic ring is 1. The molecule has 1 amide bonds. The van der Waals surface area contributed by atoms with Gasteiger partial charge in [-0.3, -0.25) is 4.79 Å². The lowest BCUT2D eigenvalue weighted by Gasteiger charge is -2.09. The van der Waals surface area contributed by atoms with Crippen molar-refractivity contribution in [2.45, 2.75) is 6.92 Å². The van der Waals surface area contributed by atoms with E-state index in [-0.39, 0.29) is 11.7 Å². The first-order chi connectivity index (χ1) is 9.11. The lowest BCUT2D eigenvalue weighted by Crippen LogP contribution is -2.14. The fraction of sp³-hybridized carbons (Fsp3) is 0.0769. The van der Waals surface area contributed by atoms with Gasteiger partial charge in [-0.2, -0.15) is 0 Å². The minimum Gasteiger partial charge on any atom is -0.322 e. The van der Waals surface area contributed by atoms with Crippen molar-refractivity contribution >= 4 is 17.4 Å². The van der Waals surface area contributed by atoms with Crippen molar-refractivity contribution in [2.75, 3.05) is 10.7 Å². The van der Waals surface area contributed by atoms with E-state index in [1.54, 1.807) is 25.1 Å². The lowest BCUT2D eigenvalue weighted by atomic mass is 10.1. The van der Waals surface area contributed by atoms with Gasteiger partial charge in [-0.05, 0) is 31.2 Å². The van der Waals surface area contributed by atoms with Crippen molar-refractivity contribution in [3.63, 3.8) is 0 Å². The highest BCUT2D eigenvalue weighted by atomic mass is 19.1. The van der Waals surface area contributed by atoms with Crippen LogP contribution in [0.2, 0.25) is 0 Å². The molecule has 5 nitrogen and oxygen atoms in total. The molecular formula is C13H13FN4O. The van der Waals surface area contributed by atoms with E-state index >= 15 is 0 Å². The zero-order valence-corrected chi connectivity index (χ0v) is 10.3. The van der Waals surface area contributed by atoms with E-state index in [2.05, 4.69) is 15.7 Å². The Morgan fingerprint density at radius 2 is 2.11 bits per heavy atom. The average Bonchev–Trinajstić information content (AvgIpc) is 2.44. The summed E-state index contributed by atoms with van der Waals surface area (Å²) in [6, 6.07) is 7.67. The van der Waals surface area contributed by atoms with E-state index in [1.165, 1.54) is 18.3 Å². The van der Waals surface area contributed by atoms with Crippen molar-refractivity contribution in [1.82, 2.24) is 4.98 Å². The van der Waals surface area contributed by atoms with Crippen LogP contribution in [0.3, 0.4) is 0 Å². The summed E-state index contributed by atoms with van der Waals surface area (Å²) in [6.45, 7) is 1.60. The molecule has 0 aliphatic heterocycles. The number of nitrogens with zero attached hydrogens (tertiary/aromatic N) is 1. The Morgan fingerprint density at radius 3 is 2.74 bits per heavy atom. The molecule has 0 unspecified atom stereocenters. The summed E-state index contributed by atoms with van der Waals surface area (Å²) < 4.78 is 13.3. The van der Waals surface area contributed by atoms with Gasteiger partial charge in [-0.15, -0.1) is 0 Å². The molecule has 2 aromatic rings. The fourth-order valence-electron chi connectivity index (χ4n) is 1.55. The first-order valence-electron chi connectivity index (χ1n) is 5.61. The van der Waals surface area contributed by atoms with Gasteiger partial charge in [0.1, 0.15) is 11.6 Å². The monoisotopic (exact) mass is 260 g/mol. The van der Waals surface area contributed by atoms with Gasteiger partial charge >= 0.3 is 0 Å². The highest BCUT2D eigenvalue weighted by Crippen LogP contribution is 2.18. The van der Waals surface area contributed by atoms with E-state index in [1.807, 2.05) is 0 Å². The number of nitrogens with one attached hydrogen (secondary N) is 2. The topological polar surface area (TPSA) is 80.0 Å². The molecule has 0 spiro atoms. The van der Waals surface area contributed by atoms with E-state index in [9.17, 15) is 9.18 Å². The number of benzene rings is 1. The Kier molecular flexibility index (Phi) is 3.72. The van der Waals surface area contributed by atoms with Gasteiger partial charge in [0.15, 0.2) is 0 Å². The Labute approximate surface area is 109 Å². The third-order valence-corrected chi connectivity index (χ3v) is 2.69. The maximum absolute atomic E-state index is 13.3. The third-order valence-electron chi connectivity index (χ3n) is 2.69. The minimum absolute atomic E-state index is 0.357. The van der Waals surface area contributed by atoms with Crippen LogP contribution in [-0.4, -0.2) is 10.9 Å². The maximum atomic E-state index is 13.3. The number of rotatable bonds is 3. The van der Waals surface area contributed by atoms with Crippen LogP contribution in [0.1, 0.15) is 15.9 Å². The molecule has 0 radical (unpaired) electrons. The normalized spacial score (nSPS) is 10.1. The highest BCUT2D eigenvalue weighted by Gasteiger charge is 2.09. The number of aromatic nitrogens is 1. The van der Waals surface area contributed by atoms with Gasteiger partial charge in [-0.1, -0.05) is 6.07 Å². The number of carbonyl (C=O) groups excluding carboxylic acids is 1. The quantitative estimate of drug-likeness (QED) is 0.583. The molecular weight excluding hydrogens is 247 g/mol. The Morgan fingerprint density at radius 1 is 1.32 bits per heavy atom. The molecule has 1 aromatic carbocycles. The summed E-state index contributed by atoms with van der Waals surface area (Å²) in [7, 11) is 0. The van der Waals surface area contributed by atoms with Crippen LogP contribution in [-0.2, 0) is 0 Å². The van der Waals surface area contributed by atoms with Crippen molar-refractivity contribution in [3.8, 4) is 0 Å². The first kappa shape index (κ1) is 13.0. The zero-order valence-electron chi connectivity index (χ0n) is 10.3. The first-order valence-corrected chi connectivity index (χ1v) is 5.61. The number of halogens is 1. The van der Waals surface area contributed by atoms with Gasteiger partial charge in [0.25, 0.3) is 5.91 Å². The highest BCUT2D eigenvalue weighted by molar-refractivity contribution is 6.04. The molecule has 19 heavy (non-hydrogen) atoms. The van der Waals surface area contributed by atoms with E-state index < -0.39 is 0 Å². The number of hydrogen-bond donors (Lipinski definition) is 3. The predicted octanol–water partition coefficient (Wildman–Crippen LogP) is 2.07. The van der Waals surface area contributed by atoms with Crippen LogP contribution in [0, 0.1) is 12.7 Å². The molecule has 0 fully saturated rings. The van der Waals surface area contributed by atoms with Crippen LogP contribution in [0.15, 0.2) is 36.5 Å². The van der Waals surface area contributed by atoms with Gasteiger partial charge in [0.2, 0.25) is 0 Å². The summed E-state index contributed by atoms with van der Waals surface area (Å²) in [5.41, 5.74) is 3.56. The molecule has 0 bridgehead atoms. The summed E-state index contributed by atoms with van der Waals surface area (Å²) in [5.74, 6) is 4.92. The lowest BCUT2D eigenvalue weighted by molar-refractivity contribution is 0.102. The fourth-order valence-corrected chi connectivity index (χ4v) is 1.55. The standard InChI is InChI=1S/C13H13FN4O/c1-8-10(14)3-2-4-11(8)17-13(19)9-5-6-12(18-15)16-7-9/h2-7H,15H2,1H3,(H,16,18)(H,17,19). The molecule has 0 atom stereocenters. The SMILES string of the molecule is Cc1c(F)cccc1NC(=O)c1ccc(NN)nc1. The number of pyridine rings is 1. The smallest absolute Gasteiger partial charge is 0.257 e. The maximum Gasteiger partial charge on any atom is 0.257 e. The number of hydrogen-bond acceptors (Lipinski definition) is 4. The number of nitrogens with two attached hydrogens (primary N) is 1. The van der Waals surface area contributed by atoms with Gasteiger partial charge in [0, 0.05) is 17.4 Å². The number of carbonyl (C=O) groups is 1. The van der Waals surface area contributed by atoms with E-state index in [0.717, 1.165) is 0 Å². The van der Waals surface area contributed by atoms with Crippen molar-refractivity contribution < 1.29 is 9.18 Å². The van der Waals surface area contributed by atoms with Crippen molar-refractivity contribution in [1.29, 1.82) is 0 Å². The second kappa shape index (κ2) is 5.45. The summed E-state index contributed by atoms with van der Waals surface area (Å²) in [4.78, 5) is 15.9. The summed E-state index contributed by atoms with van der Waals surface area (Å²) in [6.07, 6.45) is 1.39. The summed E-state index contributed by atoms with van der Waals surface area (Å²) >= 11 is 0. The van der Waals surface area contributed by atoms with Crippen molar-refractivity contribution in [2.24, 2.45) is 5.84 Å². The van der Waals surface area contributed by atoms with Crippen LogP contribution in [0.5, 0.6) is 0 Å². The minimum atomic E-state index is -0.362. The second-order valence-electron chi connectivity index (χ2n) is 3.94. The Balaban J connectivity index is 2.18. The van der Waals surface area contributed by atoms with Gasteiger partial charge in [-0.25, -0.2) is 15.2 Å². The number of amides is 1. The molecule has 0 saturated heterocycles.